The lowest BCUT2D eigenvalue weighted by atomic mass is 10.0. The van der Waals surface area contributed by atoms with Crippen molar-refractivity contribution >= 4 is 16.9 Å². The first kappa shape index (κ1) is 21.2. The Morgan fingerprint density at radius 1 is 0.914 bits per heavy atom. The highest BCUT2D eigenvalue weighted by Gasteiger charge is 2.22. The second-order valence-electron chi connectivity index (χ2n) is 8.96. The topological polar surface area (TPSA) is 67.0 Å². The van der Waals surface area contributed by atoms with Crippen LogP contribution < -0.4 is 10.1 Å². The van der Waals surface area contributed by atoms with E-state index >= 15 is 0 Å². The number of nitrogens with one attached hydrogen (secondary N) is 2. The van der Waals surface area contributed by atoms with Crippen molar-refractivity contribution in [2.45, 2.75) is 12.8 Å². The van der Waals surface area contributed by atoms with Crippen LogP contribution in [0.2, 0.25) is 0 Å². The van der Waals surface area contributed by atoms with Gasteiger partial charge in [0.25, 0.3) is 5.91 Å². The highest BCUT2D eigenvalue weighted by atomic mass is 16.5. The molecule has 0 radical (unpaired) electrons. The standard InChI is InChI=1S/C30H25N3O2/c34-30(33-17-20-10-11-20)22-14-12-21(13-15-22)27-19-32-29-26(27)16-23(18-31-29)25-8-4-5-9-28(25)35-24-6-2-1-3-7-24/h1-9,12-16,18-20H,10-11,17H2,(H,31,32)(H,33,34). The monoisotopic (exact) mass is 459 g/mol. The summed E-state index contributed by atoms with van der Waals surface area (Å²) in [5, 5.41) is 4.04. The predicted octanol–water partition coefficient (Wildman–Crippen LogP) is 6.83. The molecule has 3 aromatic carbocycles. The van der Waals surface area contributed by atoms with Crippen molar-refractivity contribution in [2.24, 2.45) is 5.92 Å². The average Bonchev–Trinajstić information content (AvgIpc) is 3.65. The number of carbonyl (C=O) groups is 1. The summed E-state index contributed by atoms with van der Waals surface area (Å²) in [4.78, 5) is 20.4. The molecule has 0 atom stereocenters. The average molecular weight is 460 g/mol. The van der Waals surface area contributed by atoms with Crippen LogP contribution in [0.1, 0.15) is 23.2 Å². The highest BCUT2D eigenvalue weighted by Crippen LogP contribution is 2.36. The van der Waals surface area contributed by atoms with E-state index in [1.165, 1.54) is 12.8 Å². The van der Waals surface area contributed by atoms with Crippen molar-refractivity contribution in [1.82, 2.24) is 15.3 Å². The largest absolute Gasteiger partial charge is 0.457 e. The van der Waals surface area contributed by atoms with Gasteiger partial charge in [0.1, 0.15) is 17.1 Å². The first-order chi connectivity index (χ1) is 17.2. The highest BCUT2D eigenvalue weighted by molar-refractivity contribution is 5.98. The van der Waals surface area contributed by atoms with E-state index in [4.69, 9.17) is 4.74 Å². The third-order valence-corrected chi connectivity index (χ3v) is 6.41. The van der Waals surface area contributed by atoms with Crippen LogP contribution in [0.15, 0.2) is 97.3 Å². The van der Waals surface area contributed by atoms with Crippen LogP contribution in [0.5, 0.6) is 11.5 Å². The van der Waals surface area contributed by atoms with Crippen molar-refractivity contribution < 1.29 is 9.53 Å². The van der Waals surface area contributed by atoms with Crippen LogP contribution in [0.25, 0.3) is 33.3 Å². The molecule has 172 valence electrons. The zero-order valence-electron chi connectivity index (χ0n) is 19.2. The van der Waals surface area contributed by atoms with Gasteiger partial charge in [-0.1, -0.05) is 48.5 Å². The van der Waals surface area contributed by atoms with Gasteiger partial charge in [0.15, 0.2) is 0 Å². The fraction of sp³-hybridized carbons (Fsp3) is 0.133. The molecule has 1 aliphatic carbocycles. The molecule has 0 aliphatic heterocycles. The molecule has 1 saturated carbocycles. The number of H-pyrrole nitrogens is 1. The van der Waals surface area contributed by atoms with E-state index in [-0.39, 0.29) is 5.91 Å². The molecule has 1 fully saturated rings. The maximum absolute atomic E-state index is 12.4. The fourth-order valence-electron chi connectivity index (χ4n) is 4.26. The fourth-order valence-corrected chi connectivity index (χ4v) is 4.26. The van der Waals surface area contributed by atoms with E-state index in [1.54, 1.807) is 0 Å². The molecule has 1 amide bonds. The Hall–Kier alpha value is -4.38. The lowest BCUT2D eigenvalue weighted by molar-refractivity contribution is 0.0952. The maximum atomic E-state index is 12.4. The molecule has 35 heavy (non-hydrogen) atoms. The van der Waals surface area contributed by atoms with Crippen LogP contribution in [0.4, 0.5) is 0 Å². The number of pyridine rings is 1. The number of para-hydroxylation sites is 2. The summed E-state index contributed by atoms with van der Waals surface area (Å²) in [6, 6.07) is 27.7. The molecule has 5 heteroatoms. The lowest BCUT2D eigenvalue weighted by Crippen LogP contribution is -2.25. The van der Waals surface area contributed by atoms with Crippen molar-refractivity contribution in [3.63, 3.8) is 0 Å². The smallest absolute Gasteiger partial charge is 0.251 e. The molecule has 2 heterocycles. The Morgan fingerprint density at radius 3 is 2.49 bits per heavy atom. The zero-order chi connectivity index (χ0) is 23.6. The number of nitrogens with zero attached hydrogens (tertiary/aromatic N) is 1. The van der Waals surface area contributed by atoms with Crippen molar-refractivity contribution in [2.75, 3.05) is 6.54 Å². The summed E-state index contributed by atoms with van der Waals surface area (Å²) < 4.78 is 6.17. The van der Waals surface area contributed by atoms with Gasteiger partial charge in [-0.2, -0.15) is 0 Å². The molecule has 0 unspecified atom stereocenters. The number of aromatic nitrogens is 2. The Kier molecular flexibility index (Phi) is 5.51. The van der Waals surface area contributed by atoms with Crippen molar-refractivity contribution in [3.05, 3.63) is 103 Å². The minimum atomic E-state index is -0.0126. The molecule has 0 bridgehead atoms. The van der Waals surface area contributed by atoms with E-state index in [2.05, 4.69) is 21.4 Å². The maximum Gasteiger partial charge on any atom is 0.251 e. The minimum Gasteiger partial charge on any atom is -0.457 e. The molecule has 0 spiro atoms. The first-order valence-electron chi connectivity index (χ1n) is 11.9. The zero-order valence-corrected chi connectivity index (χ0v) is 19.2. The Balaban J connectivity index is 1.30. The number of fused-ring (bicyclic) bond motifs is 1. The third kappa shape index (κ3) is 4.53. The third-order valence-electron chi connectivity index (χ3n) is 6.41. The number of hydrogen-bond acceptors (Lipinski definition) is 3. The van der Waals surface area contributed by atoms with Crippen molar-refractivity contribution in [3.8, 4) is 33.8 Å². The number of aromatic amines is 1. The quantitative estimate of drug-likeness (QED) is 0.280. The van der Waals surface area contributed by atoms with E-state index in [0.717, 1.165) is 51.3 Å². The first-order valence-corrected chi connectivity index (χ1v) is 11.9. The number of rotatable bonds is 7. The van der Waals surface area contributed by atoms with Gasteiger partial charge >= 0.3 is 0 Å². The molecular weight excluding hydrogens is 434 g/mol. The summed E-state index contributed by atoms with van der Waals surface area (Å²) in [7, 11) is 0. The Labute approximate surface area is 203 Å². The molecule has 6 rings (SSSR count). The summed E-state index contributed by atoms with van der Waals surface area (Å²) in [5.41, 5.74) is 5.52. The molecule has 0 saturated heterocycles. The van der Waals surface area contributed by atoms with Crippen LogP contribution in [-0.2, 0) is 0 Å². The number of amides is 1. The Morgan fingerprint density at radius 2 is 1.69 bits per heavy atom. The number of carbonyl (C=O) groups excluding carboxylic acids is 1. The molecule has 2 aromatic heterocycles. The SMILES string of the molecule is O=C(NCC1CC1)c1ccc(-c2c[nH]c3ncc(-c4ccccc4Oc4ccccc4)cc23)cc1. The van der Waals surface area contributed by atoms with Crippen LogP contribution in [0, 0.1) is 5.92 Å². The number of benzene rings is 3. The van der Waals surface area contributed by atoms with Gasteiger partial charge in [-0.15, -0.1) is 0 Å². The van der Waals surface area contributed by atoms with Gasteiger partial charge in [-0.05, 0) is 60.7 Å². The molecule has 5 nitrogen and oxygen atoms in total. The summed E-state index contributed by atoms with van der Waals surface area (Å²) in [5.74, 6) is 2.21. The van der Waals surface area contributed by atoms with E-state index < -0.39 is 0 Å². The van der Waals surface area contributed by atoms with Gasteiger partial charge in [0.05, 0.1) is 0 Å². The predicted molar refractivity (Wildman–Crippen MR) is 139 cm³/mol. The van der Waals surface area contributed by atoms with E-state index in [9.17, 15) is 4.79 Å². The minimum absolute atomic E-state index is 0.0126. The second-order valence-corrected chi connectivity index (χ2v) is 8.96. The van der Waals surface area contributed by atoms with Gasteiger partial charge in [-0.3, -0.25) is 4.79 Å². The molecule has 5 aromatic rings. The van der Waals surface area contributed by atoms with E-state index in [1.807, 2.05) is 91.3 Å². The summed E-state index contributed by atoms with van der Waals surface area (Å²) >= 11 is 0. The van der Waals surface area contributed by atoms with Gasteiger partial charge in [0, 0.05) is 46.6 Å². The number of hydrogen-bond donors (Lipinski definition) is 2. The molecule has 1 aliphatic rings. The van der Waals surface area contributed by atoms with Crippen molar-refractivity contribution in [1.29, 1.82) is 0 Å². The Bertz CT molecular complexity index is 1490. The van der Waals surface area contributed by atoms with Crippen LogP contribution >= 0.6 is 0 Å². The summed E-state index contributed by atoms with van der Waals surface area (Å²) in [6.45, 7) is 0.771. The second kappa shape index (κ2) is 9.11. The molecule has 2 N–H and O–H groups in total. The van der Waals surface area contributed by atoms with E-state index in [0.29, 0.717) is 11.5 Å². The van der Waals surface area contributed by atoms with Crippen LogP contribution in [0.3, 0.4) is 0 Å². The molecular formula is C30H25N3O2. The van der Waals surface area contributed by atoms with Crippen LogP contribution in [-0.4, -0.2) is 22.4 Å². The number of ether oxygens (including phenoxy) is 1. The lowest BCUT2D eigenvalue weighted by Gasteiger charge is -2.11. The van der Waals surface area contributed by atoms with Gasteiger partial charge in [-0.25, -0.2) is 4.98 Å². The van der Waals surface area contributed by atoms with Gasteiger partial charge < -0.3 is 15.0 Å². The van der Waals surface area contributed by atoms with Gasteiger partial charge in [0.2, 0.25) is 0 Å². The summed E-state index contributed by atoms with van der Waals surface area (Å²) in [6.07, 6.45) is 6.27. The normalized spacial score (nSPS) is 13.0.